The van der Waals surface area contributed by atoms with Gasteiger partial charge in [-0.1, -0.05) is 6.07 Å². The fourth-order valence-corrected chi connectivity index (χ4v) is 2.63. The molecule has 0 saturated heterocycles. The average molecular weight is 257 g/mol. The van der Waals surface area contributed by atoms with Crippen LogP contribution < -0.4 is 5.56 Å². The number of fused-ring (bicyclic) bond motifs is 1. The summed E-state index contributed by atoms with van der Waals surface area (Å²) in [4.78, 5) is 20.5. The van der Waals surface area contributed by atoms with Crippen LogP contribution in [0, 0.1) is 0 Å². The second kappa shape index (κ2) is 4.70. The van der Waals surface area contributed by atoms with E-state index in [1.807, 2.05) is 29.8 Å². The predicted molar refractivity (Wildman–Crippen MR) is 71.8 cm³/mol. The molecule has 0 spiro atoms. The summed E-state index contributed by atoms with van der Waals surface area (Å²) >= 11 is 1.44. The number of aromatic nitrogens is 3. The molecule has 5 heteroatoms. The second-order valence-electron chi connectivity index (χ2n) is 3.99. The Morgan fingerprint density at radius 2 is 2.28 bits per heavy atom. The van der Waals surface area contributed by atoms with E-state index >= 15 is 0 Å². The molecule has 4 nitrogen and oxygen atoms in total. The standard InChI is InChI=1S/C13H11N3OS/c17-13-12-11(4-7-18-12)15-9-16(13)6-3-10-2-1-5-14-8-10/h1-2,4-5,7-9H,3,6H2. The molecule has 3 heterocycles. The van der Waals surface area contributed by atoms with Gasteiger partial charge in [-0.05, 0) is 29.5 Å². The lowest BCUT2D eigenvalue weighted by molar-refractivity contribution is 0.662. The first kappa shape index (κ1) is 11.1. The van der Waals surface area contributed by atoms with Gasteiger partial charge in [-0.3, -0.25) is 14.3 Å². The third-order valence-electron chi connectivity index (χ3n) is 2.80. The molecule has 3 aromatic rings. The Bertz CT molecular complexity index is 718. The van der Waals surface area contributed by atoms with Crippen LogP contribution in [0.25, 0.3) is 10.2 Å². The molecule has 0 fully saturated rings. The smallest absolute Gasteiger partial charge is 0.271 e. The van der Waals surface area contributed by atoms with Gasteiger partial charge in [0.15, 0.2) is 0 Å². The normalized spacial score (nSPS) is 10.9. The minimum absolute atomic E-state index is 0.0406. The Labute approximate surface area is 108 Å². The van der Waals surface area contributed by atoms with Crippen molar-refractivity contribution in [3.05, 3.63) is 58.2 Å². The van der Waals surface area contributed by atoms with Crippen molar-refractivity contribution in [3.63, 3.8) is 0 Å². The molecule has 18 heavy (non-hydrogen) atoms. The van der Waals surface area contributed by atoms with Gasteiger partial charge >= 0.3 is 0 Å². The molecule has 3 rings (SSSR count). The van der Waals surface area contributed by atoms with E-state index in [1.54, 1.807) is 17.1 Å². The zero-order chi connectivity index (χ0) is 12.4. The molecular formula is C13H11N3OS. The van der Waals surface area contributed by atoms with Crippen LogP contribution in [0.3, 0.4) is 0 Å². The van der Waals surface area contributed by atoms with Gasteiger partial charge in [0, 0.05) is 18.9 Å². The van der Waals surface area contributed by atoms with Crippen LogP contribution in [-0.4, -0.2) is 14.5 Å². The Morgan fingerprint density at radius 1 is 1.33 bits per heavy atom. The van der Waals surface area contributed by atoms with Gasteiger partial charge in [0.1, 0.15) is 4.70 Å². The zero-order valence-electron chi connectivity index (χ0n) is 9.61. The molecule has 90 valence electrons. The van der Waals surface area contributed by atoms with Crippen molar-refractivity contribution < 1.29 is 0 Å². The first-order chi connectivity index (χ1) is 8.84. The van der Waals surface area contributed by atoms with Gasteiger partial charge in [0.2, 0.25) is 0 Å². The average Bonchev–Trinajstić information content (AvgIpc) is 2.88. The van der Waals surface area contributed by atoms with Crippen molar-refractivity contribution >= 4 is 21.6 Å². The minimum Gasteiger partial charge on any atom is -0.298 e. The summed E-state index contributed by atoms with van der Waals surface area (Å²) in [6.45, 7) is 0.630. The third kappa shape index (κ3) is 2.04. The van der Waals surface area contributed by atoms with Crippen LogP contribution >= 0.6 is 11.3 Å². The molecule has 0 unspecified atom stereocenters. The number of nitrogens with zero attached hydrogens (tertiary/aromatic N) is 3. The monoisotopic (exact) mass is 257 g/mol. The molecule has 0 aliphatic rings. The molecule has 0 aromatic carbocycles. The third-order valence-corrected chi connectivity index (χ3v) is 3.69. The quantitative estimate of drug-likeness (QED) is 0.722. The van der Waals surface area contributed by atoms with Gasteiger partial charge < -0.3 is 0 Å². The summed E-state index contributed by atoms with van der Waals surface area (Å²) < 4.78 is 2.38. The van der Waals surface area contributed by atoms with E-state index in [9.17, 15) is 4.79 Å². The topological polar surface area (TPSA) is 47.8 Å². The van der Waals surface area contributed by atoms with Crippen molar-refractivity contribution in [2.75, 3.05) is 0 Å². The van der Waals surface area contributed by atoms with E-state index in [-0.39, 0.29) is 5.56 Å². The van der Waals surface area contributed by atoms with E-state index in [2.05, 4.69) is 9.97 Å². The molecule has 0 aliphatic carbocycles. The largest absolute Gasteiger partial charge is 0.298 e. The van der Waals surface area contributed by atoms with E-state index in [4.69, 9.17) is 0 Å². The van der Waals surface area contributed by atoms with Crippen molar-refractivity contribution in [3.8, 4) is 0 Å². The maximum Gasteiger partial charge on any atom is 0.271 e. The van der Waals surface area contributed by atoms with Crippen LogP contribution in [0.15, 0.2) is 47.1 Å². The van der Waals surface area contributed by atoms with Crippen molar-refractivity contribution in [2.24, 2.45) is 0 Å². The zero-order valence-corrected chi connectivity index (χ0v) is 10.4. The van der Waals surface area contributed by atoms with E-state index in [0.717, 1.165) is 22.2 Å². The molecule has 0 aliphatic heterocycles. The van der Waals surface area contributed by atoms with Crippen LogP contribution in [0.5, 0.6) is 0 Å². The summed E-state index contributed by atoms with van der Waals surface area (Å²) in [6.07, 6.45) is 5.97. The van der Waals surface area contributed by atoms with Gasteiger partial charge in [-0.25, -0.2) is 4.98 Å². The summed E-state index contributed by atoms with van der Waals surface area (Å²) in [5.41, 5.74) is 1.94. The summed E-state index contributed by atoms with van der Waals surface area (Å²) in [7, 11) is 0. The van der Waals surface area contributed by atoms with Gasteiger partial charge in [0.25, 0.3) is 5.56 Å². The molecule has 0 bridgehead atoms. The fraction of sp³-hybridized carbons (Fsp3) is 0.154. The lowest BCUT2D eigenvalue weighted by Gasteiger charge is -2.04. The molecule has 0 atom stereocenters. The van der Waals surface area contributed by atoms with Gasteiger partial charge in [0.05, 0.1) is 11.8 Å². The highest BCUT2D eigenvalue weighted by Crippen LogP contribution is 2.13. The molecule has 3 aromatic heterocycles. The first-order valence-electron chi connectivity index (χ1n) is 5.66. The fourth-order valence-electron chi connectivity index (χ4n) is 1.83. The highest BCUT2D eigenvalue weighted by atomic mass is 32.1. The van der Waals surface area contributed by atoms with E-state index in [0.29, 0.717) is 6.54 Å². The number of rotatable bonds is 3. The van der Waals surface area contributed by atoms with Crippen LogP contribution in [0.4, 0.5) is 0 Å². The highest BCUT2D eigenvalue weighted by molar-refractivity contribution is 7.17. The number of hydrogen-bond acceptors (Lipinski definition) is 4. The molecule has 0 amide bonds. The Hall–Kier alpha value is -2.01. The maximum atomic E-state index is 12.1. The predicted octanol–water partition coefficient (Wildman–Crippen LogP) is 2.10. The number of thiophene rings is 1. The molecular weight excluding hydrogens is 246 g/mol. The SMILES string of the molecule is O=c1c2sccc2ncn1CCc1cccnc1. The Balaban J connectivity index is 1.87. The number of aryl methyl sites for hydroxylation is 2. The van der Waals surface area contributed by atoms with Crippen LogP contribution in [0.2, 0.25) is 0 Å². The van der Waals surface area contributed by atoms with Crippen molar-refractivity contribution in [2.45, 2.75) is 13.0 Å². The lowest BCUT2D eigenvalue weighted by Crippen LogP contribution is -2.20. The Kier molecular flexibility index (Phi) is 2.90. The first-order valence-corrected chi connectivity index (χ1v) is 6.54. The molecule has 0 N–H and O–H groups in total. The van der Waals surface area contributed by atoms with Crippen molar-refractivity contribution in [1.82, 2.24) is 14.5 Å². The van der Waals surface area contributed by atoms with Crippen molar-refractivity contribution in [1.29, 1.82) is 0 Å². The number of pyridine rings is 1. The Morgan fingerprint density at radius 3 is 3.11 bits per heavy atom. The summed E-state index contributed by atoms with van der Waals surface area (Å²) in [5, 5.41) is 1.89. The maximum absolute atomic E-state index is 12.1. The van der Waals surface area contributed by atoms with Gasteiger partial charge in [-0.15, -0.1) is 11.3 Å². The molecule has 0 radical (unpaired) electrons. The van der Waals surface area contributed by atoms with E-state index < -0.39 is 0 Å². The van der Waals surface area contributed by atoms with E-state index in [1.165, 1.54) is 11.3 Å². The van der Waals surface area contributed by atoms with Crippen LogP contribution in [0.1, 0.15) is 5.56 Å². The van der Waals surface area contributed by atoms with Gasteiger partial charge in [-0.2, -0.15) is 0 Å². The molecule has 0 saturated carbocycles. The summed E-state index contributed by atoms with van der Waals surface area (Å²) in [5.74, 6) is 0. The van der Waals surface area contributed by atoms with Crippen LogP contribution in [-0.2, 0) is 13.0 Å². The minimum atomic E-state index is 0.0406. The number of hydrogen-bond donors (Lipinski definition) is 0. The highest BCUT2D eigenvalue weighted by Gasteiger charge is 2.04. The summed E-state index contributed by atoms with van der Waals surface area (Å²) in [6, 6.07) is 5.78. The second-order valence-corrected chi connectivity index (χ2v) is 4.91. The lowest BCUT2D eigenvalue weighted by atomic mass is 10.2.